The standard InChI is InChI=1S/C16H13ClN4O2/c1-10(19-15(22)11-6-8-18-9-7-11)14-20-16(23-21-14)12-2-4-13(17)5-3-12/h2-10H,1H3,(H,19,22). The molecule has 0 aliphatic rings. The van der Waals surface area contributed by atoms with Gasteiger partial charge in [0.1, 0.15) is 0 Å². The fourth-order valence-corrected chi connectivity index (χ4v) is 2.09. The summed E-state index contributed by atoms with van der Waals surface area (Å²) < 4.78 is 5.23. The maximum Gasteiger partial charge on any atom is 0.257 e. The third-order valence-corrected chi connectivity index (χ3v) is 3.46. The number of amides is 1. The van der Waals surface area contributed by atoms with Gasteiger partial charge in [-0.15, -0.1) is 0 Å². The molecule has 6 nitrogen and oxygen atoms in total. The molecule has 0 saturated carbocycles. The molecule has 3 aromatic rings. The van der Waals surface area contributed by atoms with Gasteiger partial charge in [0.05, 0.1) is 6.04 Å². The fraction of sp³-hybridized carbons (Fsp3) is 0.125. The zero-order chi connectivity index (χ0) is 16.2. The van der Waals surface area contributed by atoms with Crippen LogP contribution in [0.15, 0.2) is 53.3 Å². The second-order valence-electron chi connectivity index (χ2n) is 4.90. The lowest BCUT2D eigenvalue weighted by molar-refractivity contribution is 0.0937. The zero-order valence-electron chi connectivity index (χ0n) is 12.2. The fourth-order valence-electron chi connectivity index (χ4n) is 1.97. The number of carbonyl (C=O) groups is 1. The summed E-state index contributed by atoms with van der Waals surface area (Å²) >= 11 is 5.85. The first-order valence-electron chi connectivity index (χ1n) is 6.94. The maximum atomic E-state index is 12.1. The molecule has 0 saturated heterocycles. The molecule has 3 rings (SSSR count). The van der Waals surface area contributed by atoms with Crippen molar-refractivity contribution in [3.05, 3.63) is 65.2 Å². The second kappa shape index (κ2) is 6.58. The van der Waals surface area contributed by atoms with Crippen LogP contribution in [-0.2, 0) is 0 Å². The van der Waals surface area contributed by atoms with Crippen molar-refractivity contribution < 1.29 is 9.32 Å². The van der Waals surface area contributed by atoms with Gasteiger partial charge in [0.25, 0.3) is 11.8 Å². The SMILES string of the molecule is CC(NC(=O)c1ccncc1)c1noc(-c2ccc(Cl)cc2)n1. The average Bonchev–Trinajstić information content (AvgIpc) is 3.06. The predicted molar refractivity (Wildman–Crippen MR) is 84.9 cm³/mol. The Balaban J connectivity index is 1.72. The van der Waals surface area contributed by atoms with Crippen LogP contribution in [-0.4, -0.2) is 21.0 Å². The third-order valence-electron chi connectivity index (χ3n) is 3.21. The molecule has 1 atom stereocenters. The van der Waals surface area contributed by atoms with Crippen LogP contribution in [0.2, 0.25) is 5.02 Å². The second-order valence-corrected chi connectivity index (χ2v) is 5.33. The normalized spacial score (nSPS) is 11.9. The number of benzene rings is 1. The van der Waals surface area contributed by atoms with Gasteiger partial charge in [0, 0.05) is 28.5 Å². The van der Waals surface area contributed by atoms with Gasteiger partial charge in [0.15, 0.2) is 5.82 Å². The first-order valence-corrected chi connectivity index (χ1v) is 7.32. The summed E-state index contributed by atoms with van der Waals surface area (Å²) in [5.41, 5.74) is 1.29. The number of rotatable bonds is 4. The van der Waals surface area contributed by atoms with Crippen molar-refractivity contribution in [2.24, 2.45) is 0 Å². The van der Waals surface area contributed by atoms with Gasteiger partial charge in [-0.2, -0.15) is 4.98 Å². The molecule has 0 spiro atoms. The van der Waals surface area contributed by atoms with Crippen LogP contribution < -0.4 is 5.32 Å². The van der Waals surface area contributed by atoms with E-state index in [1.807, 2.05) is 0 Å². The lowest BCUT2D eigenvalue weighted by atomic mass is 10.2. The average molecular weight is 329 g/mol. The van der Waals surface area contributed by atoms with E-state index >= 15 is 0 Å². The van der Waals surface area contributed by atoms with E-state index in [-0.39, 0.29) is 11.9 Å². The molecule has 23 heavy (non-hydrogen) atoms. The lowest BCUT2D eigenvalue weighted by Crippen LogP contribution is -2.27. The van der Waals surface area contributed by atoms with Crippen LogP contribution in [0.25, 0.3) is 11.5 Å². The van der Waals surface area contributed by atoms with Gasteiger partial charge in [-0.25, -0.2) is 0 Å². The van der Waals surface area contributed by atoms with E-state index in [9.17, 15) is 4.79 Å². The van der Waals surface area contributed by atoms with E-state index in [2.05, 4.69) is 20.4 Å². The highest BCUT2D eigenvalue weighted by Crippen LogP contribution is 2.21. The van der Waals surface area contributed by atoms with Crippen LogP contribution in [0.5, 0.6) is 0 Å². The number of aromatic nitrogens is 3. The number of carbonyl (C=O) groups excluding carboxylic acids is 1. The van der Waals surface area contributed by atoms with Crippen molar-refractivity contribution in [2.45, 2.75) is 13.0 Å². The number of hydrogen-bond donors (Lipinski definition) is 1. The number of nitrogens with one attached hydrogen (secondary N) is 1. The Labute approximate surface area is 137 Å². The quantitative estimate of drug-likeness (QED) is 0.795. The molecule has 1 unspecified atom stereocenters. The van der Waals surface area contributed by atoms with Crippen molar-refractivity contribution in [1.82, 2.24) is 20.4 Å². The molecule has 2 heterocycles. The van der Waals surface area contributed by atoms with E-state index in [1.165, 1.54) is 0 Å². The molecule has 7 heteroatoms. The van der Waals surface area contributed by atoms with Crippen molar-refractivity contribution in [3.63, 3.8) is 0 Å². The van der Waals surface area contributed by atoms with E-state index in [1.54, 1.807) is 55.7 Å². The van der Waals surface area contributed by atoms with Gasteiger partial charge in [-0.05, 0) is 43.3 Å². The number of hydrogen-bond acceptors (Lipinski definition) is 5. The van der Waals surface area contributed by atoms with Crippen molar-refractivity contribution in [1.29, 1.82) is 0 Å². The summed E-state index contributed by atoms with van der Waals surface area (Å²) in [6.45, 7) is 1.79. The minimum atomic E-state index is -0.388. The van der Waals surface area contributed by atoms with Gasteiger partial charge in [0.2, 0.25) is 0 Å². The Morgan fingerprint density at radius 3 is 2.57 bits per heavy atom. The predicted octanol–water partition coefficient (Wildman–Crippen LogP) is 3.28. The Hall–Kier alpha value is -2.73. The summed E-state index contributed by atoms with van der Waals surface area (Å²) in [5.74, 6) is 0.553. The monoisotopic (exact) mass is 328 g/mol. The highest BCUT2D eigenvalue weighted by Gasteiger charge is 2.17. The topological polar surface area (TPSA) is 80.9 Å². The van der Waals surface area contributed by atoms with E-state index in [0.717, 1.165) is 5.56 Å². The maximum absolute atomic E-state index is 12.1. The Bertz CT molecular complexity index is 802. The molecular weight excluding hydrogens is 316 g/mol. The summed E-state index contributed by atoms with van der Waals surface area (Å²) in [7, 11) is 0. The first kappa shape index (κ1) is 15.2. The van der Waals surface area contributed by atoms with Crippen LogP contribution in [0.4, 0.5) is 0 Å². The molecule has 1 aromatic carbocycles. The number of nitrogens with zero attached hydrogens (tertiary/aromatic N) is 3. The van der Waals surface area contributed by atoms with Crippen molar-refractivity contribution in [2.75, 3.05) is 0 Å². The molecule has 0 radical (unpaired) electrons. The minimum absolute atomic E-state index is 0.224. The van der Waals surface area contributed by atoms with Crippen molar-refractivity contribution in [3.8, 4) is 11.5 Å². The molecule has 116 valence electrons. The summed E-state index contributed by atoms with van der Waals surface area (Å²) in [6, 6.07) is 9.96. The Morgan fingerprint density at radius 2 is 1.87 bits per heavy atom. The summed E-state index contributed by atoms with van der Waals surface area (Å²) in [5, 5.41) is 7.36. The molecule has 0 bridgehead atoms. The third kappa shape index (κ3) is 3.54. The summed E-state index contributed by atoms with van der Waals surface area (Å²) in [6.07, 6.45) is 3.12. The van der Waals surface area contributed by atoms with Gasteiger partial charge < -0.3 is 9.84 Å². The number of pyridine rings is 1. The zero-order valence-corrected chi connectivity index (χ0v) is 13.0. The van der Waals surface area contributed by atoms with Crippen LogP contribution in [0.1, 0.15) is 29.1 Å². The minimum Gasteiger partial charge on any atom is -0.342 e. The molecule has 0 aliphatic heterocycles. The number of halogens is 1. The molecular formula is C16H13ClN4O2. The Morgan fingerprint density at radius 1 is 1.17 bits per heavy atom. The first-order chi connectivity index (χ1) is 11.1. The van der Waals surface area contributed by atoms with Crippen molar-refractivity contribution >= 4 is 17.5 Å². The van der Waals surface area contributed by atoms with E-state index < -0.39 is 0 Å². The Kier molecular flexibility index (Phi) is 4.34. The van der Waals surface area contributed by atoms with Gasteiger partial charge in [-0.1, -0.05) is 16.8 Å². The molecule has 0 aliphatic carbocycles. The van der Waals surface area contributed by atoms with Crippen LogP contribution in [0.3, 0.4) is 0 Å². The van der Waals surface area contributed by atoms with E-state index in [0.29, 0.717) is 22.3 Å². The molecule has 1 amide bonds. The largest absolute Gasteiger partial charge is 0.342 e. The van der Waals surface area contributed by atoms with Gasteiger partial charge in [-0.3, -0.25) is 9.78 Å². The lowest BCUT2D eigenvalue weighted by Gasteiger charge is -2.09. The van der Waals surface area contributed by atoms with Crippen LogP contribution >= 0.6 is 11.6 Å². The van der Waals surface area contributed by atoms with Crippen LogP contribution in [0, 0.1) is 0 Å². The smallest absolute Gasteiger partial charge is 0.257 e. The summed E-state index contributed by atoms with van der Waals surface area (Å²) in [4.78, 5) is 20.3. The van der Waals surface area contributed by atoms with Gasteiger partial charge >= 0.3 is 0 Å². The molecule has 0 fully saturated rings. The van der Waals surface area contributed by atoms with E-state index in [4.69, 9.17) is 16.1 Å². The molecule has 1 N–H and O–H groups in total. The highest BCUT2D eigenvalue weighted by atomic mass is 35.5. The molecule has 2 aromatic heterocycles. The highest BCUT2D eigenvalue weighted by molar-refractivity contribution is 6.30.